The lowest BCUT2D eigenvalue weighted by Crippen LogP contribution is -2.25. The fourth-order valence-corrected chi connectivity index (χ4v) is 1.21. The Hall–Kier alpha value is -1.10. The number of rotatable bonds is 9. The molecule has 0 fully saturated rings. The van der Waals surface area contributed by atoms with Crippen LogP contribution in [0.3, 0.4) is 0 Å². The van der Waals surface area contributed by atoms with Gasteiger partial charge in [-0.2, -0.15) is 0 Å². The van der Waals surface area contributed by atoms with E-state index < -0.39 is 0 Å². The summed E-state index contributed by atoms with van der Waals surface area (Å²) in [7, 11) is 1.86. The number of ether oxygens (including phenoxy) is 1. The van der Waals surface area contributed by atoms with Gasteiger partial charge in [-0.15, -0.1) is 0 Å². The van der Waals surface area contributed by atoms with Crippen LogP contribution in [0.5, 0.6) is 0 Å². The molecule has 0 aromatic heterocycles. The van der Waals surface area contributed by atoms with Gasteiger partial charge in [0.1, 0.15) is 0 Å². The van der Waals surface area contributed by atoms with Gasteiger partial charge >= 0.3 is 5.97 Å². The van der Waals surface area contributed by atoms with Crippen molar-refractivity contribution in [2.75, 3.05) is 26.7 Å². The van der Waals surface area contributed by atoms with Crippen LogP contribution in [0.25, 0.3) is 0 Å². The van der Waals surface area contributed by atoms with E-state index in [2.05, 4.69) is 10.6 Å². The highest BCUT2D eigenvalue weighted by atomic mass is 16.5. The number of esters is 1. The summed E-state index contributed by atoms with van der Waals surface area (Å²) in [6.45, 7) is 3.57. The van der Waals surface area contributed by atoms with Crippen molar-refractivity contribution >= 4 is 11.9 Å². The molecule has 5 nitrogen and oxygen atoms in total. The van der Waals surface area contributed by atoms with Crippen LogP contribution in [0.1, 0.15) is 32.6 Å². The smallest absolute Gasteiger partial charge is 0.305 e. The first-order chi connectivity index (χ1) is 7.70. The molecule has 2 N–H and O–H groups in total. The average Bonchev–Trinajstić information content (AvgIpc) is 2.25. The summed E-state index contributed by atoms with van der Waals surface area (Å²) in [5.74, 6) is -0.161. The summed E-state index contributed by atoms with van der Waals surface area (Å²) < 4.78 is 4.77. The molecule has 5 heteroatoms. The van der Waals surface area contributed by atoms with Crippen molar-refractivity contribution in [2.45, 2.75) is 32.6 Å². The molecule has 0 spiro atoms. The SMILES string of the molecule is CCOC(=O)CCCNC(=O)CCCNC. The molecule has 16 heavy (non-hydrogen) atoms. The van der Waals surface area contributed by atoms with Gasteiger partial charge in [0.25, 0.3) is 0 Å². The third-order valence-electron chi connectivity index (χ3n) is 2.02. The quantitative estimate of drug-likeness (QED) is 0.445. The van der Waals surface area contributed by atoms with Gasteiger partial charge in [-0.05, 0) is 33.4 Å². The molecule has 0 aromatic carbocycles. The molecule has 1 amide bonds. The Morgan fingerprint density at radius 1 is 1.12 bits per heavy atom. The molecule has 0 atom stereocenters. The summed E-state index contributed by atoms with van der Waals surface area (Å²) in [5, 5.41) is 5.74. The van der Waals surface area contributed by atoms with Crippen LogP contribution in [0.15, 0.2) is 0 Å². The summed E-state index contributed by atoms with van der Waals surface area (Å²) in [5.41, 5.74) is 0. The van der Waals surface area contributed by atoms with Gasteiger partial charge in [-0.3, -0.25) is 9.59 Å². The Kier molecular flexibility index (Phi) is 9.70. The molecular formula is C11H22N2O3. The van der Waals surface area contributed by atoms with E-state index in [1.165, 1.54) is 0 Å². The summed E-state index contributed by atoms with van der Waals surface area (Å²) in [4.78, 5) is 22.2. The maximum absolute atomic E-state index is 11.2. The molecule has 0 aliphatic rings. The minimum atomic E-state index is -0.202. The van der Waals surface area contributed by atoms with Gasteiger partial charge in [-0.25, -0.2) is 0 Å². The molecular weight excluding hydrogens is 208 g/mol. The first-order valence-electron chi connectivity index (χ1n) is 5.77. The van der Waals surface area contributed by atoms with E-state index >= 15 is 0 Å². The number of nitrogens with one attached hydrogen (secondary N) is 2. The number of hydrogen-bond donors (Lipinski definition) is 2. The van der Waals surface area contributed by atoms with E-state index in [9.17, 15) is 9.59 Å². The highest BCUT2D eigenvalue weighted by Gasteiger charge is 2.03. The summed E-state index contributed by atoms with van der Waals surface area (Å²) in [6, 6.07) is 0. The zero-order chi connectivity index (χ0) is 12.2. The second-order valence-corrected chi connectivity index (χ2v) is 3.47. The second kappa shape index (κ2) is 10.4. The van der Waals surface area contributed by atoms with Crippen LogP contribution < -0.4 is 10.6 Å². The van der Waals surface area contributed by atoms with Crippen LogP contribution in [-0.2, 0) is 14.3 Å². The second-order valence-electron chi connectivity index (χ2n) is 3.47. The zero-order valence-electron chi connectivity index (χ0n) is 10.2. The van der Waals surface area contributed by atoms with E-state index in [4.69, 9.17) is 4.74 Å². The molecule has 0 aliphatic carbocycles. The van der Waals surface area contributed by atoms with Crippen LogP contribution in [0.2, 0.25) is 0 Å². The van der Waals surface area contributed by atoms with Crippen molar-refractivity contribution < 1.29 is 14.3 Å². The monoisotopic (exact) mass is 230 g/mol. The third kappa shape index (κ3) is 9.45. The first kappa shape index (κ1) is 14.9. The topological polar surface area (TPSA) is 67.4 Å². The summed E-state index contributed by atoms with van der Waals surface area (Å²) >= 11 is 0. The highest BCUT2D eigenvalue weighted by molar-refractivity contribution is 5.75. The first-order valence-corrected chi connectivity index (χ1v) is 5.77. The van der Waals surface area contributed by atoms with Gasteiger partial charge in [0, 0.05) is 19.4 Å². The van der Waals surface area contributed by atoms with Crippen molar-refractivity contribution in [3.63, 3.8) is 0 Å². The van der Waals surface area contributed by atoms with Gasteiger partial charge < -0.3 is 15.4 Å². The van der Waals surface area contributed by atoms with E-state index in [0.717, 1.165) is 13.0 Å². The third-order valence-corrected chi connectivity index (χ3v) is 2.02. The van der Waals surface area contributed by atoms with Crippen molar-refractivity contribution in [3.05, 3.63) is 0 Å². The molecule has 0 rings (SSSR count). The molecule has 0 saturated heterocycles. The Bertz CT molecular complexity index is 207. The predicted octanol–water partition coefficient (Wildman–Crippen LogP) is 0.445. The zero-order valence-corrected chi connectivity index (χ0v) is 10.2. The van der Waals surface area contributed by atoms with Crippen molar-refractivity contribution in [3.8, 4) is 0 Å². The molecule has 0 unspecified atom stereocenters. The number of carbonyl (C=O) groups is 2. The molecule has 0 saturated carbocycles. The maximum atomic E-state index is 11.2. The fourth-order valence-electron chi connectivity index (χ4n) is 1.21. The molecule has 0 heterocycles. The van der Waals surface area contributed by atoms with E-state index in [1.54, 1.807) is 6.92 Å². The Morgan fingerprint density at radius 2 is 1.81 bits per heavy atom. The Labute approximate surface area is 96.9 Å². The molecule has 94 valence electrons. The molecule has 0 aromatic rings. The van der Waals surface area contributed by atoms with Crippen LogP contribution >= 0.6 is 0 Å². The fraction of sp³-hybridized carbons (Fsp3) is 0.818. The number of carbonyl (C=O) groups excluding carboxylic acids is 2. The minimum absolute atomic E-state index is 0.0408. The van der Waals surface area contributed by atoms with Crippen LogP contribution in [0, 0.1) is 0 Å². The van der Waals surface area contributed by atoms with Crippen LogP contribution in [-0.4, -0.2) is 38.6 Å². The molecule has 0 aliphatic heterocycles. The average molecular weight is 230 g/mol. The maximum Gasteiger partial charge on any atom is 0.305 e. The largest absolute Gasteiger partial charge is 0.466 e. The number of amides is 1. The predicted molar refractivity (Wildman–Crippen MR) is 62.0 cm³/mol. The van der Waals surface area contributed by atoms with Crippen molar-refractivity contribution in [1.82, 2.24) is 10.6 Å². The summed E-state index contributed by atoms with van der Waals surface area (Å²) in [6.07, 6.45) is 2.36. The lowest BCUT2D eigenvalue weighted by Gasteiger charge is -2.05. The van der Waals surface area contributed by atoms with Crippen LogP contribution in [0.4, 0.5) is 0 Å². The van der Waals surface area contributed by atoms with E-state index in [-0.39, 0.29) is 11.9 Å². The minimum Gasteiger partial charge on any atom is -0.466 e. The normalized spacial score (nSPS) is 9.88. The van der Waals surface area contributed by atoms with Crippen molar-refractivity contribution in [2.24, 2.45) is 0 Å². The Balaban J connectivity index is 3.30. The van der Waals surface area contributed by atoms with Gasteiger partial charge in [0.2, 0.25) is 5.91 Å². The lowest BCUT2D eigenvalue weighted by molar-refractivity contribution is -0.143. The molecule has 0 bridgehead atoms. The van der Waals surface area contributed by atoms with E-state index in [0.29, 0.717) is 32.4 Å². The standard InChI is InChI=1S/C11H22N2O3/c1-3-16-11(15)7-5-9-13-10(14)6-4-8-12-2/h12H,3-9H2,1-2H3,(H,13,14). The lowest BCUT2D eigenvalue weighted by atomic mass is 10.2. The number of hydrogen-bond acceptors (Lipinski definition) is 4. The Morgan fingerprint density at radius 3 is 2.44 bits per heavy atom. The van der Waals surface area contributed by atoms with Crippen molar-refractivity contribution in [1.29, 1.82) is 0 Å². The van der Waals surface area contributed by atoms with E-state index in [1.807, 2.05) is 7.05 Å². The van der Waals surface area contributed by atoms with Gasteiger partial charge in [0.15, 0.2) is 0 Å². The highest BCUT2D eigenvalue weighted by Crippen LogP contribution is 1.92. The molecule has 0 radical (unpaired) electrons. The van der Waals surface area contributed by atoms with Gasteiger partial charge in [-0.1, -0.05) is 0 Å². The van der Waals surface area contributed by atoms with Gasteiger partial charge in [0.05, 0.1) is 6.61 Å².